The second kappa shape index (κ2) is 3.43. The Hall–Kier alpha value is -0.190. The largest absolute Gasteiger partial charge is 0.240 e. The molecule has 0 amide bonds. The molecule has 0 spiro atoms. The van der Waals surface area contributed by atoms with Crippen LogP contribution in [0.2, 0.25) is 0 Å². The molecule has 0 radical (unpaired) electrons. The highest BCUT2D eigenvalue weighted by Gasteiger charge is 2.26. The lowest BCUT2D eigenvalue weighted by atomic mass is 10.4. The van der Waals surface area contributed by atoms with Crippen LogP contribution in [0.3, 0.4) is 0 Å². The topological polar surface area (TPSA) is 12.9 Å². The zero-order valence-electron chi connectivity index (χ0n) is 7.37. The van der Waals surface area contributed by atoms with Crippen molar-refractivity contribution in [2.75, 3.05) is 0 Å². The van der Waals surface area contributed by atoms with Gasteiger partial charge in [-0.2, -0.15) is 0 Å². The Labute approximate surface area is 98.9 Å². The van der Waals surface area contributed by atoms with Gasteiger partial charge in [0.15, 0.2) is 0 Å². The monoisotopic (exact) mass is 285 g/mol. The van der Waals surface area contributed by atoms with Gasteiger partial charge in [0.25, 0.3) is 0 Å². The number of thiazole rings is 1. The van der Waals surface area contributed by atoms with Crippen LogP contribution in [0.4, 0.5) is 0 Å². The number of thiophene rings is 1. The first-order chi connectivity index (χ1) is 6.83. The number of halogens is 1. The summed E-state index contributed by atoms with van der Waals surface area (Å²) in [4.78, 5) is 5.93. The van der Waals surface area contributed by atoms with Gasteiger partial charge >= 0.3 is 0 Å². The minimum atomic E-state index is 0.775. The van der Waals surface area contributed by atoms with E-state index < -0.39 is 0 Å². The third-order valence-corrected chi connectivity index (χ3v) is 4.99. The van der Waals surface area contributed by atoms with Crippen LogP contribution in [0.25, 0.3) is 10.6 Å². The second-order valence-electron chi connectivity index (χ2n) is 3.47. The van der Waals surface area contributed by atoms with Crippen molar-refractivity contribution in [3.8, 4) is 10.6 Å². The molecule has 1 aliphatic carbocycles. The molecule has 0 unspecified atom stereocenters. The van der Waals surface area contributed by atoms with Gasteiger partial charge < -0.3 is 0 Å². The average molecular weight is 286 g/mol. The Morgan fingerprint density at radius 2 is 2.14 bits per heavy atom. The van der Waals surface area contributed by atoms with E-state index in [0.717, 1.165) is 16.1 Å². The molecule has 0 aromatic carbocycles. The van der Waals surface area contributed by atoms with Gasteiger partial charge in [0.2, 0.25) is 0 Å². The lowest BCUT2D eigenvalue weighted by Crippen LogP contribution is -1.76. The Balaban J connectivity index is 1.95. The molecule has 1 fully saturated rings. The number of nitrogens with zero attached hydrogens (tertiary/aromatic N) is 1. The van der Waals surface area contributed by atoms with Crippen molar-refractivity contribution in [1.82, 2.24) is 4.98 Å². The molecule has 0 N–H and O–H groups in total. The Morgan fingerprint density at radius 1 is 1.29 bits per heavy atom. The van der Waals surface area contributed by atoms with E-state index in [2.05, 4.69) is 37.7 Å². The molecule has 2 aromatic rings. The first-order valence-electron chi connectivity index (χ1n) is 4.53. The van der Waals surface area contributed by atoms with Gasteiger partial charge in [0.1, 0.15) is 0 Å². The molecule has 3 rings (SSSR count). The summed E-state index contributed by atoms with van der Waals surface area (Å²) in [5.41, 5.74) is 1.15. The van der Waals surface area contributed by atoms with Crippen LogP contribution in [-0.2, 0) is 0 Å². The highest BCUT2D eigenvalue weighted by Crippen LogP contribution is 2.43. The molecular formula is C10H8BrNS2. The summed E-state index contributed by atoms with van der Waals surface area (Å²) in [5.74, 6) is 0.775. The number of rotatable bonds is 2. The molecule has 1 nitrogen and oxygen atoms in total. The molecule has 1 saturated carbocycles. The van der Waals surface area contributed by atoms with Crippen molar-refractivity contribution in [2.24, 2.45) is 0 Å². The van der Waals surface area contributed by atoms with Crippen LogP contribution in [0.15, 0.2) is 21.3 Å². The first-order valence-corrected chi connectivity index (χ1v) is 7.08. The SMILES string of the molecule is Brc1csc(-c2csc(C3CC3)n2)c1. The Morgan fingerprint density at radius 3 is 2.79 bits per heavy atom. The fourth-order valence-corrected chi connectivity index (χ4v) is 3.82. The Kier molecular flexibility index (Phi) is 2.22. The van der Waals surface area contributed by atoms with Gasteiger partial charge in [-0.05, 0) is 34.8 Å². The van der Waals surface area contributed by atoms with Gasteiger partial charge in [0, 0.05) is 21.2 Å². The van der Waals surface area contributed by atoms with Gasteiger partial charge in [-0.15, -0.1) is 22.7 Å². The van der Waals surface area contributed by atoms with Gasteiger partial charge in [-0.25, -0.2) is 4.98 Å². The van der Waals surface area contributed by atoms with Crippen LogP contribution in [0.5, 0.6) is 0 Å². The molecule has 0 atom stereocenters. The average Bonchev–Trinajstić information content (AvgIpc) is 2.76. The van der Waals surface area contributed by atoms with Crippen molar-refractivity contribution in [2.45, 2.75) is 18.8 Å². The minimum absolute atomic E-state index is 0.775. The molecule has 14 heavy (non-hydrogen) atoms. The maximum atomic E-state index is 4.66. The smallest absolute Gasteiger partial charge is 0.0963 e. The van der Waals surface area contributed by atoms with Crippen molar-refractivity contribution in [3.05, 3.63) is 26.3 Å². The van der Waals surface area contributed by atoms with Crippen molar-refractivity contribution in [1.29, 1.82) is 0 Å². The number of aromatic nitrogens is 1. The normalized spacial score (nSPS) is 16.1. The lowest BCUT2D eigenvalue weighted by Gasteiger charge is -1.88. The maximum Gasteiger partial charge on any atom is 0.0963 e. The van der Waals surface area contributed by atoms with Gasteiger partial charge in [0.05, 0.1) is 15.6 Å². The Bertz CT molecular complexity index is 456. The van der Waals surface area contributed by atoms with E-state index in [1.165, 1.54) is 22.7 Å². The van der Waals surface area contributed by atoms with Crippen LogP contribution in [0.1, 0.15) is 23.8 Å². The van der Waals surface area contributed by atoms with E-state index in [9.17, 15) is 0 Å². The second-order valence-corrected chi connectivity index (χ2v) is 6.19. The van der Waals surface area contributed by atoms with E-state index in [-0.39, 0.29) is 0 Å². The minimum Gasteiger partial charge on any atom is -0.240 e. The summed E-state index contributed by atoms with van der Waals surface area (Å²) < 4.78 is 1.15. The molecule has 72 valence electrons. The third-order valence-electron chi connectivity index (χ3n) is 2.27. The predicted molar refractivity (Wildman–Crippen MR) is 65.1 cm³/mol. The van der Waals surface area contributed by atoms with Crippen molar-refractivity contribution >= 4 is 38.6 Å². The maximum absolute atomic E-state index is 4.66. The van der Waals surface area contributed by atoms with E-state index in [1.807, 2.05) is 0 Å². The summed E-state index contributed by atoms with van der Waals surface area (Å²) in [7, 11) is 0. The fraction of sp³-hybridized carbons (Fsp3) is 0.300. The highest BCUT2D eigenvalue weighted by atomic mass is 79.9. The first kappa shape index (κ1) is 9.07. The summed E-state index contributed by atoms with van der Waals surface area (Å²) in [6.45, 7) is 0. The molecule has 1 aliphatic rings. The summed E-state index contributed by atoms with van der Waals surface area (Å²) in [6, 6.07) is 2.14. The zero-order chi connectivity index (χ0) is 9.54. The molecular weight excluding hydrogens is 278 g/mol. The van der Waals surface area contributed by atoms with Crippen LogP contribution in [-0.4, -0.2) is 4.98 Å². The summed E-state index contributed by atoms with van der Waals surface area (Å²) in [5, 5.41) is 5.60. The zero-order valence-corrected chi connectivity index (χ0v) is 10.6. The standard InChI is InChI=1S/C10H8BrNS2/c11-7-3-9(13-4-7)8-5-14-10(12-8)6-1-2-6/h3-6H,1-2H2. The lowest BCUT2D eigenvalue weighted by molar-refractivity contribution is 1.09. The number of hydrogen-bond donors (Lipinski definition) is 0. The van der Waals surface area contributed by atoms with E-state index in [4.69, 9.17) is 0 Å². The van der Waals surface area contributed by atoms with E-state index in [1.54, 1.807) is 22.7 Å². The molecule has 2 heterocycles. The van der Waals surface area contributed by atoms with Crippen LogP contribution >= 0.6 is 38.6 Å². The predicted octanol–water partition coefficient (Wildman–Crippen LogP) is 4.51. The van der Waals surface area contributed by atoms with E-state index in [0.29, 0.717) is 0 Å². The molecule has 2 aromatic heterocycles. The summed E-state index contributed by atoms with van der Waals surface area (Å²) in [6.07, 6.45) is 2.67. The third kappa shape index (κ3) is 1.66. The van der Waals surface area contributed by atoms with Gasteiger partial charge in [-0.3, -0.25) is 0 Å². The number of hydrogen-bond acceptors (Lipinski definition) is 3. The van der Waals surface area contributed by atoms with E-state index >= 15 is 0 Å². The van der Waals surface area contributed by atoms with Crippen LogP contribution < -0.4 is 0 Å². The van der Waals surface area contributed by atoms with Gasteiger partial charge in [-0.1, -0.05) is 0 Å². The quantitative estimate of drug-likeness (QED) is 0.791. The van der Waals surface area contributed by atoms with Crippen molar-refractivity contribution in [3.63, 3.8) is 0 Å². The van der Waals surface area contributed by atoms with Crippen LogP contribution in [0, 0.1) is 0 Å². The fourth-order valence-electron chi connectivity index (χ4n) is 1.37. The molecule has 0 saturated heterocycles. The molecule has 0 bridgehead atoms. The highest BCUT2D eigenvalue weighted by molar-refractivity contribution is 9.10. The van der Waals surface area contributed by atoms with Crippen molar-refractivity contribution < 1.29 is 0 Å². The molecule has 0 aliphatic heterocycles. The molecule has 4 heteroatoms. The summed E-state index contributed by atoms with van der Waals surface area (Å²) >= 11 is 7.01.